The molecule has 1 aliphatic rings. The van der Waals surface area contributed by atoms with E-state index in [-0.39, 0.29) is 0 Å². The number of hydrogen-bond donors (Lipinski definition) is 1. The second-order valence-corrected chi connectivity index (χ2v) is 5.21. The highest BCUT2D eigenvalue weighted by Gasteiger charge is 2.26. The highest BCUT2D eigenvalue weighted by Crippen LogP contribution is 2.50. The lowest BCUT2D eigenvalue weighted by Crippen LogP contribution is -2.17. The maximum absolute atomic E-state index is 6.03. The van der Waals surface area contributed by atoms with Crippen molar-refractivity contribution in [3.63, 3.8) is 0 Å². The first kappa shape index (κ1) is 12.9. The van der Waals surface area contributed by atoms with Gasteiger partial charge in [-0.25, -0.2) is 0 Å². The molecule has 4 rings (SSSR count). The molecular formula is C19H16N2O. The molecule has 0 aromatic heterocycles. The molecule has 2 N–H and O–H groups in total. The van der Waals surface area contributed by atoms with Gasteiger partial charge in [-0.05, 0) is 35.9 Å². The summed E-state index contributed by atoms with van der Waals surface area (Å²) in [7, 11) is 0. The van der Waals surface area contributed by atoms with Gasteiger partial charge >= 0.3 is 0 Å². The number of rotatable bonds is 2. The highest BCUT2D eigenvalue weighted by molar-refractivity contribution is 5.87. The van der Waals surface area contributed by atoms with Gasteiger partial charge < -0.3 is 15.4 Å². The number of benzene rings is 3. The van der Waals surface area contributed by atoms with Crippen molar-refractivity contribution < 1.29 is 4.74 Å². The maximum atomic E-state index is 6.03. The van der Waals surface area contributed by atoms with Gasteiger partial charge in [0.15, 0.2) is 11.5 Å². The first-order valence-corrected chi connectivity index (χ1v) is 7.32. The first-order chi connectivity index (χ1) is 10.9. The van der Waals surface area contributed by atoms with Gasteiger partial charge in [-0.15, -0.1) is 0 Å². The van der Waals surface area contributed by atoms with Gasteiger partial charge in [-0.1, -0.05) is 42.5 Å². The fourth-order valence-electron chi connectivity index (χ4n) is 2.87. The van der Waals surface area contributed by atoms with Crippen LogP contribution in [-0.2, 0) is 6.54 Å². The van der Waals surface area contributed by atoms with Gasteiger partial charge in [0.2, 0.25) is 0 Å². The van der Waals surface area contributed by atoms with E-state index >= 15 is 0 Å². The zero-order valence-electron chi connectivity index (χ0n) is 12.1. The summed E-state index contributed by atoms with van der Waals surface area (Å²) in [6.07, 6.45) is 0. The molecule has 0 amide bonds. The Morgan fingerprint density at radius 2 is 1.18 bits per heavy atom. The van der Waals surface area contributed by atoms with Crippen LogP contribution in [0.2, 0.25) is 0 Å². The van der Waals surface area contributed by atoms with Crippen LogP contribution < -0.4 is 15.4 Å². The molecule has 108 valence electrons. The second-order valence-electron chi connectivity index (χ2n) is 5.21. The maximum Gasteiger partial charge on any atom is 0.151 e. The summed E-state index contributed by atoms with van der Waals surface area (Å²) in [4.78, 5) is 2.22. The molecule has 0 spiro atoms. The predicted octanol–water partition coefficient (Wildman–Crippen LogP) is 4.72. The molecule has 3 nitrogen and oxygen atoms in total. The van der Waals surface area contributed by atoms with Crippen LogP contribution in [0.15, 0.2) is 72.8 Å². The van der Waals surface area contributed by atoms with Crippen molar-refractivity contribution in [3.8, 4) is 11.5 Å². The van der Waals surface area contributed by atoms with E-state index in [2.05, 4.69) is 29.2 Å². The number of ether oxygens (including phenoxy) is 1. The van der Waals surface area contributed by atoms with Gasteiger partial charge in [0, 0.05) is 6.54 Å². The highest BCUT2D eigenvalue weighted by atomic mass is 16.5. The number of nitrogens with two attached hydrogens (primary N) is 1. The Labute approximate surface area is 129 Å². The van der Waals surface area contributed by atoms with Crippen molar-refractivity contribution in [3.05, 3.63) is 78.4 Å². The van der Waals surface area contributed by atoms with Gasteiger partial charge in [-0.3, -0.25) is 0 Å². The minimum absolute atomic E-state index is 0.498. The van der Waals surface area contributed by atoms with Crippen LogP contribution >= 0.6 is 0 Å². The molecule has 1 heterocycles. The van der Waals surface area contributed by atoms with Crippen LogP contribution in [-0.4, -0.2) is 0 Å². The minimum Gasteiger partial charge on any atom is -0.453 e. The van der Waals surface area contributed by atoms with Crippen LogP contribution in [0, 0.1) is 0 Å². The molecule has 22 heavy (non-hydrogen) atoms. The lowest BCUT2D eigenvalue weighted by Gasteiger charge is -2.33. The van der Waals surface area contributed by atoms with Crippen molar-refractivity contribution in [2.24, 2.45) is 5.73 Å². The van der Waals surface area contributed by atoms with Crippen molar-refractivity contribution in [1.82, 2.24) is 0 Å². The van der Waals surface area contributed by atoms with Crippen LogP contribution in [0.1, 0.15) is 5.56 Å². The smallest absolute Gasteiger partial charge is 0.151 e. The molecule has 0 atom stereocenters. The molecule has 3 aromatic rings. The number of anilines is 3. The van der Waals surface area contributed by atoms with E-state index in [4.69, 9.17) is 10.5 Å². The van der Waals surface area contributed by atoms with Crippen LogP contribution in [0.25, 0.3) is 0 Å². The van der Waals surface area contributed by atoms with E-state index in [1.807, 2.05) is 48.5 Å². The number of para-hydroxylation sites is 5. The summed E-state index contributed by atoms with van der Waals surface area (Å²) in [5, 5.41) is 0. The number of fused-ring (bicyclic) bond motifs is 2. The van der Waals surface area contributed by atoms with Crippen LogP contribution in [0.4, 0.5) is 17.1 Å². The lowest BCUT2D eigenvalue weighted by molar-refractivity contribution is 0.477. The summed E-state index contributed by atoms with van der Waals surface area (Å²) < 4.78 is 6.03. The summed E-state index contributed by atoms with van der Waals surface area (Å²) in [5.41, 5.74) is 10.2. The largest absolute Gasteiger partial charge is 0.453 e. The second kappa shape index (κ2) is 5.20. The van der Waals surface area contributed by atoms with Crippen molar-refractivity contribution in [1.29, 1.82) is 0 Å². The van der Waals surface area contributed by atoms with Gasteiger partial charge in [0.1, 0.15) is 0 Å². The van der Waals surface area contributed by atoms with Crippen molar-refractivity contribution in [2.75, 3.05) is 4.90 Å². The molecule has 1 aliphatic heterocycles. The van der Waals surface area contributed by atoms with Crippen molar-refractivity contribution >= 4 is 17.1 Å². The third kappa shape index (κ3) is 1.95. The molecular weight excluding hydrogens is 272 g/mol. The van der Waals surface area contributed by atoms with Crippen LogP contribution in [0.3, 0.4) is 0 Å². The van der Waals surface area contributed by atoms with Gasteiger partial charge in [-0.2, -0.15) is 0 Å². The van der Waals surface area contributed by atoms with Gasteiger partial charge in [0.25, 0.3) is 0 Å². The molecule has 0 unspecified atom stereocenters. The molecule has 3 aromatic carbocycles. The van der Waals surface area contributed by atoms with Crippen LogP contribution in [0.5, 0.6) is 11.5 Å². The molecule has 0 radical (unpaired) electrons. The topological polar surface area (TPSA) is 38.5 Å². The Balaban J connectivity index is 1.99. The third-order valence-corrected chi connectivity index (χ3v) is 3.88. The van der Waals surface area contributed by atoms with Gasteiger partial charge in [0.05, 0.1) is 17.1 Å². The third-order valence-electron chi connectivity index (χ3n) is 3.88. The fourth-order valence-corrected chi connectivity index (χ4v) is 2.87. The SMILES string of the molecule is NCc1ccccc1N1c2ccccc2Oc2ccccc21. The monoisotopic (exact) mass is 288 g/mol. The van der Waals surface area contributed by atoms with E-state index in [1.54, 1.807) is 0 Å². The Morgan fingerprint density at radius 3 is 1.77 bits per heavy atom. The molecule has 0 saturated heterocycles. The summed E-state index contributed by atoms with van der Waals surface area (Å²) in [6, 6.07) is 24.3. The summed E-state index contributed by atoms with van der Waals surface area (Å²) in [6.45, 7) is 0.498. The molecule has 0 bridgehead atoms. The summed E-state index contributed by atoms with van der Waals surface area (Å²) in [5.74, 6) is 1.71. The quantitative estimate of drug-likeness (QED) is 0.580. The lowest BCUT2D eigenvalue weighted by atomic mass is 10.1. The Morgan fingerprint density at radius 1 is 0.682 bits per heavy atom. The fraction of sp³-hybridized carbons (Fsp3) is 0.0526. The number of hydrogen-bond acceptors (Lipinski definition) is 3. The minimum atomic E-state index is 0.498. The number of nitrogens with zero attached hydrogens (tertiary/aromatic N) is 1. The normalized spacial score (nSPS) is 12.3. The van der Waals surface area contributed by atoms with E-state index < -0.39 is 0 Å². The van der Waals surface area contributed by atoms with Crippen molar-refractivity contribution in [2.45, 2.75) is 6.54 Å². The molecule has 0 saturated carbocycles. The Kier molecular flexibility index (Phi) is 3.06. The molecule has 0 aliphatic carbocycles. The van der Waals surface area contributed by atoms with E-state index in [0.717, 1.165) is 34.1 Å². The van der Waals surface area contributed by atoms with E-state index in [0.29, 0.717) is 6.54 Å². The zero-order chi connectivity index (χ0) is 14.9. The average Bonchev–Trinajstić information content (AvgIpc) is 2.59. The predicted molar refractivity (Wildman–Crippen MR) is 89.1 cm³/mol. The zero-order valence-corrected chi connectivity index (χ0v) is 12.1. The Bertz CT molecular complexity index is 783. The van der Waals surface area contributed by atoms with E-state index in [1.165, 1.54) is 0 Å². The first-order valence-electron chi connectivity index (χ1n) is 7.32. The van der Waals surface area contributed by atoms with E-state index in [9.17, 15) is 0 Å². The average molecular weight is 288 g/mol. The summed E-state index contributed by atoms with van der Waals surface area (Å²) >= 11 is 0. The molecule has 3 heteroatoms. The Hall–Kier alpha value is -2.78. The standard InChI is InChI=1S/C19H16N2O/c20-13-14-7-1-2-8-15(14)21-16-9-3-5-11-18(16)22-19-12-6-4-10-17(19)21/h1-12H,13,20H2. The molecule has 0 fully saturated rings.